The lowest BCUT2D eigenvalue weighted by Crippen LogP contribution is -2.12. The molecule has 1 aromatic heterocycles. The van der Waals surface area contributed by atoms with E-state index in [1.807, 2.05) is 53.9 Å². The summed E-state index contributed by atoms with van der Waals surface area (Å²) in [7, 11) is -3.72. The number of hydrogen-bond acceptors (Lipinski definition) is 5. The summed E-state index contributed by atoms with van der Waals surface area (Å²) in [5.41, 5.74) is 1.63. The second-order valence-electron chi connectivity index (χ2n) is 6.88. The van der Waals surface area contributed by atoms with E-state index in [0.717, 1.165) is 40.6 Å². The zero-order valence-corrected chi connectivity index (χ0v) is 18.2. The highest BCUT2D eigenvalue weighted by atomic mass is 32.2. The normalized spacial score (nSPS) is 11.5. The lowest BCUT2D eigenvalue weighted by Gasteiger charge is -2.07. The predicted octanol–water partition coefficient (Wildman–Crippen LogP) is 5.94. The number of rotatable bonds is 8. The quantitative estimate of drug-likeness (QED) is 0.346. The first-order chi connectivity index (χ1) is 14.5. The van der Waals surface area contributed by atoms with Crippen molar-refractivity contribution in [2.24, 2.45) is 0 Å². The number of unbranched alkanes of at least 4 members (excludes halogenated alkanes) is 1. The molecule has 1 heterocycles. The number of hydrogen-bond donors (Lipinski definition) is 1. The van der Waals surface area contributed by atoms with Gasteiger partial charge in [0.05, 0.1) is 17.2 Å². The van der Waals surface area contributed by atoms with E-state index in [2.05, 4.69) is 16.6 Å². The van der Waals surface area contributed by atoms with Crippen LogP contribution in [0.4, 0.5) is 5.13 Å². The first-order valence-corrected chi connectivity index (χ1v) is 12.1. The van der Waals surface area contributed by atoms with Gasteiger partial charge in [0.2, 0.25) is 0 Å². The molecule has 5 nitrogen and oxygen atoms in total. The Hall–Kier alpha value is -2.90. The highest BCUT2D eigenvalue weighted by Crippen LogP contribution is 2.28. The molecule has 0 amide bonds. The SMILES string of the molecule is CCCCOc1ccc(-c2csc(NS(=O)(=O)c3ccc4ccccc4c3)n2)cc1. The molecular weight excluding hydrogens is 416 g/mol. The van der Waals surface area contributed by atoms with Crippen molar-refractivity contribution in [3.63, 3.8) is 0 Å². The second kappa shape index (κ2) is 8.85. The Labute approximate surface area is 180 Å². The molecule has 3 aromatic carbocycles. The third-order valence-electron chi connectivity index (χ3n) is 4.67. The summed E-state index contributed by atoms with van der Waals surface area (Å²) in [5.74, 6) is 0.819. The summed E-state index contributed by atoms with van der Waals surface area (Å²) in [6.07, 6.45) is 2.11. The largest absolute Gasteiger partial charge is 0.494 e. The molecule has 4 aromatic rings. The van der Waals surface area contributed by atoms with E-state index in [4.69, 9.17) is 4.74 Å². The van der Waals surface area contributed by atoms with E-state index in [0.29, 0.717) is 11.7 Å². The van der Waals surface area contributed by atoms with Crippen LogP contribution in [0.3, 0.4) is 0 Å². The maximum absolute atomic E-state index is 12.8. The Morgan fingerprint density at radius 3 is 2.53 bits per heavy atom. The molecule has 7 heteroatoms. The summed E-state index contributed by atoms with van der Waals surface area (Å²) in [6, 6.07) is 20.4. The van der Waals surface area contributed by atoms with Crippen molar-refractivity contribution < 1.29 is 13.2 Å². The van der Waals surface area contributed by atoms with E-state index in [1.165, 1.54) is 11.3 Å². The van der Waals surface area contributed by atoms with Gasteiger partial charge in [-0.15, -0.1) is 11.3 Å². The van der Waals surface area contributed by atoms with Crippen LogP contribution >= 0.6 is 11.3 Å². The van der Waals surface area contributed by atoms with Crippen molar-refractivity contribution in [3.8, 4) is 17.0 Å². The van der Waals surface area contributed by atoms with E-state index < -0.39 is 10.0 Å². The van der Waals surface area contributed by atoms with Gasteiger partial charge >= 0.3 is 0 Å². The summed E-state index contributed by atoms with van der Waals surface area (Å²) in [5, 5.41) is 4.04. The Morgan fingerprint density at radius 2 is 1.77 bits per heavy atom. The number of ether oxygens (including phenoxy) is 1. The third-order valence-corrected chi connectivity index (χ3v) is 6.90. The topological polar surface area (TPSA) is 68.3 Å². The van der Waals surface area contributed by atoms with E-state index in [-0.39, 0.29) is 4.90 Å². The van der Waals surface area contributed by atoms with Crippen LogP contribution in [0.15, 0.2) is 77.0 Å². The minimum atomic E-state index is -3.72. The van der Waals surface area contributed by atoms with Crippen molar-refractivity contribution >= 4 is 37.3 Å². The Balaban J connectivity index is 1.49. The molecule has 0 atom stereocenters. The number of nitrogens with one attached hydrogen (secondary N) is 1. The number of benzene rings is 3. The molecule has 154 valence electrons. The van der Waals surface area contributed by atoms with Crippen molar-refractivity contribution in [1.29, 1.82) is 0 Å². The van der Waals surface area contributed by atoms with Gasteiger partial charge < -0.3 is 4.74 Å². The van der Waals surface area contributed by atoms with Crippen molar-refractivity contribution in [2.75, 3.05) is 11.3 Å². The average Bonchev–Trinajstić information content (AvgIpc) is 3.22. The van der Waals surface area contributed by atoms with Crippen LogP contribution in [0.5, 0.6) is 5.75 Å². The molecule has 1 N–H and O–H groups in total. The fourth-order valence-corrected chi connectivity index (χ4v) is 5.03. The minimum absolute atomic E-state index is 0.214. The number of aromatic nitrogens is 1. The molecule has 0 fully saturated rings. The molecule has 0 spiro atoms. The summed E-state index contributed by atoms with van der Waals surface area (Å²) in [6.45, 7) is 2.83. The summed E-state index contributed by atoms with van der Waals surface area (Å²) in [4.78, 5) is 4.66. The number of nitrogens with zero attached hydrogens (tertiary/aromatic N) is 1. The molecule has 0 saturated carbocycles. The van der Waals surface area contributed by atoms with Gasteiger partial charge in [-0.3, -0.25) is 4.72 Å². The van der Waals surface area contributed by atoms with Crippen LogP contribution in [0.25, 0.3) is 22.0 Å². The van der Waals surface area contributed by atoms with Crippen LogP contribution in [0.1, 0.15) is 19.8 Å². The monoisotopic (exact) mass is 438 g/mol. The van der Waals surface area contributed by atoms with Crippen LogP contribution < -0.4 is 9.46 Å². The fourth-order valence-electron chi connectivity index (χ4n) is 3.02. The van der Waals surface area contributed by atoms with Gasteiger partial charge in [-0.05, 0) is 53.6 Å². The van der Waals surface area contributed by atoms with Gasteiger partial charge in [0.15, 0.2) is 5.13 Å². The molecular formula is C23H22N2O3S2. The van der Waals surface area contributed by atoms with Crippen LogP contribution in [-0.4, -0.2) is 20.0 Å². The van der Waals surface area contributed by atoms with Crippen molar-refractivity contribution in [3.05, 3.63) is 72.1 Å². The van der Waals surface area contributed by atoms with Crippen molar-refractivity contribution in [2.45, 2.75) is 24.7 Å². The Morgan fingerprint density at radius 1 is 1.00 bits per heavy atom. The maximum atomic E-state index is 12.8. The molecule has 0 aliphatic carbocycles. The molecule has 30 heavy (non-hydrogen) atoms. The van der Waals surface area contributed by atoms with Crippen LogP contribution in [-0.2, 0) is 10.0 Å². The zero-order chi connectivity index (χ0) is 21.0. The maximum Gasteiger partial charge on any atom is 0.263 e. The Bertz CT molecular complexity index is 1250. The first kappa shape index (κ1) is 20.4. The molecule has 0 bridgehead atoms. The van der Waals surface area contributed by atoms with Gasteiger partial charge in [-0.1, -0.05) is 43.7 Å². The van der Waals surface area contributed by atoms with Crippen LogP contribution in [0.2, 0.25) is 0 Å². The van der Waals surface area contributed by atoms with Gasteiger partial charge in [0, 0.05) is 10.9 Å². The molecule has 0 aliphatic rings. The fraction of sp³-hybridized carbons (Fsp3) is 0.174. The summed E-state index contributed by atoms with van der Waals surface area (Å²) >= 11 is 1.26. The number of fused-ring (bicyclic) bond motifs is 1. The molecule has 0 unspecified atom stereocenters. The van der Waals surface area contributed by atoms with E-state index in [1.54, 1.807) is 18.2 Å². The first-order valence-electron chi connectivity index (χ1n) is 9.75. The van der Waals surface area contributed by atoms with Gasteiger partial charge in [0.1, 0.15) is 5.75 Å². The van der Waals surface area contributed by atoms with Crippen LogP contribution in [0, 0.1) is 0 Å². The molecule has 0 saturated heterocycles. The molecule has 0 aliphatic heterocycles. The minimum Gasteiger partial charge on any atom is -0.494 e. The van der Waals surface area contributed by atoms with Gasteiger partial charge in [-0.25, -0.2) is 13.4 Å². The lowest BCUT2D eigenvalue weighted by atomic mass is 10.1. The zero-order valence-electron chi connectivity index (χ0n) is 16.5. The second-order valence-corrected chi connectivity index (χ2v) is 9.42. The van der Waals surface area contributed by atoms with Gasteiger partial charge in [0.25, 0.3) is 10.0 Å². The van der Waals surface area contributed by atoms with E-state index in [9.17, 15) is 8.42 Å². The predicted molar refractivity (Wildman–Crippen MR) is 123 cm³/mol. The highest BCUT2D eigenvalue weighted by molar-refractivity contribution is 7.93. The Kier molecular flexibility index (Phi) is 6.01. The molecule has 4 rings (SSSR count). The lowest BCUT2D eigenvalue weighted by molar-refractivity contribution is 0.309. The molecule has 0 radical (unpaired) electrons. The smallest absolute Gasteiger partial charge is 0.263 e. The average molecular weight is 439 g/mol. The third kappa shape index (κ3) is 4.63. The number of thiazole rings is 1. The number of sulfonamides is 1. The standard InChI is InChI=1S/C23H22N2O3S2/c1-2-3-14-28-20-11-8-18(9-12-20)22-16-29-23(24-22)25-30(26,27)21-13-10-17-6-4-5-7-19(17)15-21/h4-13,15-16H,2-3,14H2,1H3,(H,24,25). The number of anilines is 1. The van der Waals surface area contributed by atoms with Gasteiger partial charge in [-0.2, -0.15) is 0 Å². The van der Waals surface area contributed by atoms with Crippen molar-refractivity contribution in [1.82, 2.24) is 4.98 Å². The highest BCUT2D eigenvalue weighted by Gasteiger charge is 2.17. The summed E-state index contributed by atoms with van der Waals surface area (Å²) < 4.78 is 33.9. The van der Waals surface area contributed by atoms with E-state index >= 15 is 0 Å².